The van der Waals surface area contributed by atoms with E-state index in [4.69, 9.17) is 42.1 Å². The smallest absolute Gasteiger partial charge is 0.348 e. The summed E-state index contributed by atoms with van der Waals surface area (Å²) in [5, 5.41) is 26.3. The van der Waals surface area contributed by atoms with Crippen molar-refractivity contribution in [1.29, 1.82) is 0 Å². The van der Waals surface area contributed by atoms with Crippen molar-refractivity contribution < 1.29 is 38.4 Å². The number of carbonyl (C=O) groups excluding carboxylic acids is 2. The van der Waals surface area contributed by atoms with E-state index in [1.165, 1.54) is 30.8 Å². The molecular weight excluding hydrogens is 729 g/mol. The van der Waals surface area contributed by atoms with Gasteiger partial charge in [0.05, 0.1) is 20.3 Å². The number of aromatic nitrogens is 1. The summed E-state index contributed by atoms with van der Waals surface area (Å²) in [7, 11) is 1.53. The Kier molecular flexibility index (Phi) is 12.2. The molecule has 3 aliphatic heterocycles. The van der Waals surface area contributed by atoms with Crippen LogP contribution < -0.4 is 19.5 Å². The fourth-order valence-corrected chi connectivity index (χ4v) is 8.25. The molecule has 2 aromatic heterocycles. The molecule has 2 N–H and O–H groups in total. The maximum Gasteiger partial charge on any atom is 0.348 e. The SMILES string of the molecule is CCOc1cc([C@@H](Cc2c(Cl)c[n+]([O-])cc2Cl)OC(=O)c2ccc(CN[C@@](CO)(C(=O)O[C@H]3CN4CCC3CC4)c3ccccc3)s2)ccc1OC. The van der Waals surface area contributed by atoms with Gasteiger partial charge in [-0.3, -0.25) is 10.2 Å². The zero-order chi connectivity index (χ0) is 36.8. The largest absolute Gasteiger partial charge is 0.619 e. The first-order chi connectivity index (χ1) is 25.1. The van der Waals surface area contributed by atoms with Crippen molar-refractivity contribution in [2.24, 2.45) is 5.92 Å². The highest BCUT2D eigenvalue weighted by Crippen LogP contribution is 2.37. The fraction of sp³-hybridized carbons (Fsp3) is 0.395. The average molecular weight is 771 g/mol. The summed E-state index contributed by atoms with van der Waals surface area (Å²) in [4.78, 5) is 31.0. The normalized spacial score (nSPS) is 19.8. The molecule has 14 heteroatoms. The van der Waals surface area contributed by atoms with Gasteiger partial charge in [0.25, 0.3) is 0 Å². The van der Waals surface area contributed by atoms with Crippen molar-refractivity contribution in [3.8, 4) is 11.5 Å². The summed E-state index contributed by atoms with van der Waals surface area (Å²) in [5.74, 6) is 0.141. The van der Waals surface area contributed by atoms with E-state index in [0.717, 1.165) is 30.8 Å². The number of pyridine rings is 1. The minimum absolute atomic E-state index is 0.0692. The highest BCUT2D eigenvalue weighted by Gasteiger charge is 2.45. The molecular formula is C38H41Cl2N3O8S. The van der Waals surface area contributed by atoms with E-state index in [-0.39, 0.29) is 29.1 Å². The number of hydrogen-bond acceptors (Lipinski definition) is 11. The van der Waals surface area contributed by atoms with Crippen LogP contribution in [0.5, 0.6) is 11.5 Å². The molecule has 0 aliphatic carbocycles. The lowest BCUT2D eigenvalue weighted by molar-refractivity contribution is -0.605. The molecule has 7 rings (SSSR count). The van der Waals surface area contributed by atoms with E-state index in [9.17, 15) is 19.9 Å². The van der Waals surface area contributed by atoms with E-state index in [1.807, 2.05) is 25.1 Å². The van der Waals surface area contributed by atoms with Gasteiger partial charge in [-0.15, -0.1) is 11.3 Å². The molecule has 2 aromatic carbocycles. The number of nitrogens with one attached hydrogen (secondary N) is 1. The number of hydrogen-bond donors (Lipinski definition) is 2. The quantitative estimate of drug-likeness (QED) is 0.0862. The number of carbonyl (C=O) groups is 2. The van der Waals surface area contributed by atoms with Crippen molar-refractivity contribution in [1.82, 2.24) is 10.2 Å². The minimum atomic E-state index is -1.52. The summed E-state index contributed by atoms with van der Waals surface area (Å²) in [6.45, 7) is 4.57. The lowest BCUT2D eigenvalue weighted by atomic mass is 9.85. The Hall–Kier alpha value is -3.91. The highest BCUT2D eigenvalue weighted by molar-refractivity contribution is 7.13. The van der Waals surface area contributed by atoms with Gasteiger partial charge in [0.2, 0.25) is 0 Å². The molecule has 276 valence electrons. The van der Waals surface area contributed by atoms with Crippen molar-refractivity contribution in [3.63, 3.8) is 0 Å². The van der Waals surface area contributed by atoms with Crippen molar-refractivity contribution in [2.45, 2.75) is 50.5 Å². The van der Waals surface area contributed by atoms with Gasteiger partial charge in [-0.05, 0) is 74.2 Å². The number of fused-ring (bicyclic) bond motifs is 3. The molecule has 0 spiro atoms. The molecule has 52 heavy (non-hydrogen) atoms. The van der Waals surface area contributed by atoms with Crippen LogP contribution in [0, 0.1) is 11.1 Å². The predicted octanol–water partition coefficient (Wildman–Crippen LogP) is 5.85. The van der Waals surface area contributed by atoms with Crippen LogP contribution in [-0.2, 0) is 32.8 Å². The van der Waals surface area contributed by atoms with Crippen LogP contribution in [0.25, 0.3) is 0 Å². The summed E-state index contributed by atoms with van der Waals surface area (Å²) in [6.07, 6.45) is 3.30. The van der Waals surface area contributed by atoms with Crippen molar-refractivity contribution in [3.05, 3.63) is 115 Å². The molecule has 0 unspecified atom stereocenters. The number of ether oxygens (including phenoxy) is 4. The molecule has 2 bridgehead atoms. The third-order valence-electron chi connectivity index (χ3n) is 9.69. The monoisotopic (exact) mass is 769 g/mol. The Morgan fingerprint density at radius 1 is 1.08 bits per heavy atom. The Labute approximate surface area is 316 Å². The van der Waals surface area contributed by atoms with Crippen LogP contribution in [0.3, 0.4) is 0 Å². The summed E-state index contributed by atoms with van der Waals surface area (Å²) in [5.41, 5.74) is 0.0876. The first kappa shape index (κ1) is 37.8. The number of thiophene rings is 1. The van der Waals surface area contributed by atoms with E-state index >= 15 is 0 Å². The second-order valence-electron chi connectivity index (χ2n) is 12.9. The van der Waals surface area contributed by atoms with Crippen LogP contribution in [0.4, 0.5) is 0 Å². The van der Waals surface area contributed by atoms with Crippen molar-refractivity contribution in [2.75, 3.05) is 40.0 Å². The van der Waals surface area contributed by atoms with Gasteiger partial charge < -0.3 is 29.3 Å². The molecule has 3 aliphatic rings. The van der Waals surface area contributed by atoms with Crippen LogP contribution in [0.15, 0.2) is 73.1 Å². The fourth-order valence-electron chi connectivity index (χ4n) is 6.82. The minimum Gasteiger partial charge on any atom is -0.619 e. The molecule has 4 aromatic rings. The molecule has 5 heterocycles. The Morgan fingerprint density at radius 2 is 1.81 bits per heavy atom. The van der Waals surface area contributed by atoms with Crippen LogP contribution in [-0.4, -0.2) is 68.0 Å². The van der Waals surface area contributed by atoms with Crippen molar-refractivity contribution >= 4 is 46.5 Å². The molecule has 0 amide bonds. The van der Waals surface area contributed by atoms with E-state index in [0.29, 0.717) is 56.9 Å². The standard InChI is InChI=1S/C38H41Cl2N3O8S/c1-3-49-33-17-25(9-11-31(33)48-2)32(18-28-29(39)20-43(47)21-30(28)40)50-36(45)35-12-10-27(52-35)19-41-38(23-44,26-7-5-4-6-8-26)37(46)51-34-22-42-15-13-24(34)14-16-42/h4-12,17,20-21,24,32,34,41,44H,3,13-16,18-19,22-23H2,1-2H3/t32-,34+,38-/m1/s1. The molecule has 3 fully saturated rings. The second-order valence-corrected chi connectivity index (χ2v) is 14.8. The predicted molar refractivity (Wildman–Crippen MR) is 197 cm³/mol. The molecule has 11 nitrogen and oxygen atoms in total. The van der Waals surface area contributed by atoms with Gasteiger partial charge in [0.1, 0.15) is 27.1 Å². The van der Waals surface area contributed by atoms with Gasteiger partial charge in [-0.25, -0.2) is 9.59 Å². The summed E-state index contributed by atoms with van der Waals surface area (Å²) < 4.78 is 24.0. The van der Waals surface area contributed by atoms with Gasteiger partial charge in [0, 0.05) is 30.0 Å². The molecule has 3 saturated heterocycles. The maximum atomic E-state index is 14.0. The number of aliphatic hydroxyl groups is 1. The second kappa shape index (κ2) is 16.8. The maximum absolute atomic E-state index is 14.0. The zero-order valence-electron chi connectivity index (χ0n) is 28.9. The Bertz CT molecular complexity index is 1850. The van der Waals surface area contributed by atoms with Gasteiger partial charge in [0.15, 0.2) is 29.4 Å². The molecule has 3 atom stereocenters. The first-order valence-electron chi connectivity index (χ1n) is 17.2. The van der Waals surface area contributed by atoms with Gasteiger partial charge >= 0.3 is 11.9 Å². The van der Waals surface area contributed by atoms with E-state index in [1.54, 1.807) is 42.5 Å². The number of rotatable bonds is 15. The van der Waals surface area contributed by atoms with Gasteiger partial charge in [-0.1, -0.05) is 59.6 Å². The summed E-state index contributed by atoms with van der Waals surface area (Å²) in [6, 6.07) is 17.7. The van der Waals surface area contributed by atoms with Crippen LogP contribution in [0.2, 0.25) is 10.0 Å². The number of nitrogens with zero attached hydrogens (tertiary/aromatic N) is 2. The van der Waals surface area contributed by atoms with E-state index in [2.05, 4.69) is 10.2 Å². The number of piperidine rings is 3. The zero-order valence-corrected chi connectivity index (χ0v) is 31.2. The molecule has 0 saturated carbocycles. The number of methoxy groups -OCH3 is 1. The topological polar surface area (TPSA) is 134 Å². The third kappa shape index (κ3) is 8.33. The van der Waals surface area contributed by atoms with Crippen LogP contribution in [0.1, 0.15) is 57.1 Å². The highest BCUT2D eigenvalue weighted by atomic mass is 35.5. The lowest BCUT2D eigenvalue weighted by Gasteiger charge is -2.45. The Morgan fingerprint density at radius 3 is 2.44 bits per heavy atom. The van der Waals surface area contributed by atoms with E-state index < -0.39 is 30.2 Å². The summed E-state index contributed by atoms with van der Waals surface area (Å²) >= 11 is 14.0. The molecule has 0 radical (unpaired) electrons. The number of aliphatic hydroxyl groups excluding tert-OH is 1. The number of esters is 2. The lowest BCUT2D eigenvalue weighted by Crippen LogP contribution is -2.57. The number of halogens is 2. The van der Waals surface area contributed by atoms with Gasteiger partial charge in [-0.2, -0.15) is 4.73 Å². The van der Waals surface area contributed by atoms with Crippen LogP contribution >= 0.6 is 34.5 Å². The Balaban J connectivity index is 1.22. The third-order valence-corrected chi connectivity index (χ3v) is 11.4. The number of benzene rings is 2. The average Bonchev–Trinajstić information content (AvgIpc) is 3.63. The first-order valence-corrected chi connectivity index (χ1v) is 18.7.